The van der Waals surface area contributed by atoms with Crippen molar-refractivity contribution in [2.75, 3.05) is 21.0 Å². The van der Waals surface area contributed by atoms with E-state index in [1.54, 1.807) is 25.1 Å². The summed E-state index contributed by atoms with van der Waals surface area (Å²) in [5.41, 5.74) is 0.465. The summed E-state index contributed by atoms with van der Waals surface area (Å²) in [6, 6.07) is 4.33. The highest BCUT2D eigenvalue weighted by molar-refractivity contribution is 6.01. The van der Waals surface area contributed by atoms with Gasteiger partial charge in [0.2, 0.25) is 6.79 Å². The number of nitrogens with zero attached hydrogens (tertiary/aromatic N) is 1. The molecule has 0 radical (unpaired) electrons. The second-order valence-electron chi connectivity index (χ2n) is 4.19. The van der Waals surface area contributed by atoms with Crippen LogP contribution in [-0.4, -0.2) is 43.8 Å². The molecule has 0 saturated heterocycles. The molecule has 0 fully saturated rings. The van der Waals surface area contributed by atoms with Crippen LogP contribution in [0.1, 0.15) is 17.3 Å². The second kappa shape index (κ2) is 5.17. The standard InChI is InChI=1S/C13H15NO5/c1-8(14(2)13(16)17-3)12(15)9-4-5-10-11(6-9)19-7-18-10/h4-6,8H,7H2,1-3H3. The normalized spacial score (nSPS) is 13.8. The highest BCUT2D eigenvalue weighted by atomic mass is 16.7. The van der Waals surface area contributed by atoms with Gasteiger partial charge in [-0.1, -0.05) is 0 Å². The van der Waals surface area contributed by atoms with Gasteiger partial charge in [-0.05, 0) is 25.1 Å². The summed E-state index contributed by atoms with van der Waals surface area (Å²) in [6.45, 7) is 1.80. The summed E-state index contributed by atoms with van der Waals surface area (Å²) in [4.78, 5) is 24.9. The maximum Gasteiger partial charge on any atom is 0.409 e. The van der Waals surface area contributed by atoms with Crippen LogP contribution in [0.2, 0.25) is 0 Å². The number of hydrogen-bond acceptors (Lipinski definition) is 5. The van der Waals surface area contributed by atoms with Crippen molar-refractivity contribution >= 4 is 11.9 Å². The van der Waals surface area contributed by atoms with Gasteiger partial charge in [0.1, 0.15) is 0 Å². The first-order valence-electron chi connectivity index (χ1n) is 5.79. The molecule has 1 atom stereocenters. The van der Waals surface area contributed by atoms with Gasteiger partial charge in [0.25, 0.3) is 0 Å². The van der Waals surface area contributed by atoms with Gasteiger partial charge in [0, 0.05) is 12.6 Å². The first kappa shape index (κ1) is 13.2. The van der Waals surface area contributed by atoms with Gasteiger partial charge in [-0.25, -0.2) is 4.79 Å². The molecular weight excluding hydrogens is 250 g/mol. The average molecular weight is 265 g/mol. The van der Waals surface area contributed by atoms with Gasteiger partial charge in [-0.3, -0.25) is 4.79 Å². The lowest BCUT2D eigenvalue weighted by Gasteiger charge is -2.22. The number of Topliss-reactive ketones (excluding diaryl/α,β-unsaturated/α-hetero) is 1. The van der Waals surface area contributed by atoms with Gasteiger partial charge in [-0.15, -0.1) is 0 Å². The SMILES string of the molecule is COC(=O)N(C)C(C)C(=O)c1ccc2c(c1)OCO2. The predicted octanol–water partition coefficient (Wildman–Crippen LogP) is 1.68. The van der Waals surface area contributed by atoms with Crippen molar-refractivity contribution in [3.63, 3.8) is 0 Å². The molecule has 0 aliphatic carbocycles. The number of likely N-dealkylation sites (N-methyl/N-ethyl adjacent to an activating group) is 1. The number of methoxy groups -OCH3 is 1. The minimum atomic E-state index is -0.618. The fourth-order valence-electron chi connectivity index (χ4n) is 1.77. The molecule has 1 aliphatic heterocycles. The van der Waals surface area contributed by atoms with E-state index in [1.807, 2.05) is 0 Å². The predicted molar refractivity (Wildman–Crippen MR) is 66.5 cm³/mol. The summed E-state index contributed by atoms with van der Waals surface area (Å²) < 4.78 is 15.0. The first-order valence-corrected chi connectivity index (χ1v) is 5.79. The summed E-state index contributed by atoms with van der Waals surface area (Å²) in [7, 11) is 2.79. The Kier molecular flexibility index (Phi) is 3.59. The van der Waals surface area contributed by atoms with E-state index in [9.17, 15) is 9.59 Å². The van der Waals surface area contributed by atoms with E-state index in [1.165, 1.54) is 19.1 Å². The van der Waals surface area contributed by atoms with Gasteiger partial charge < -0.3 is 19.1 Å². The lowest BCUT2D eigenvalue weighted by atomic mass is 10.0. The average Bonchev–Trinajstić information content (AvgIpc) is 2.91. The van der Waals surface area contributed by atoms with Crippen LogP contribution in [0.4, 0.5) is 4.79 Å². The van der Waals surface area contributed by atoms with Crippen LogP contribution in [0.3, 0.4) is 0 Å². The van der Waals surface area contributed by atoms with Crippen LogP contribution in [0.25, 0.3) is 0 Å². The fraction of sp³-hybridized carbons (Fsp3) is 0.385. The Labute approximate surface area is 110 Å². The van der Waals surface area contributed by atoms with Gasteiger partial charge in [0.15, 0.2) is 17.3 Å². The quantitative estimate of drug-likeness (QED) is 0.778. The molecule has 1 aromatic rings. The largest absolute Gasteiger partial charge is 0.454 e. The molecule has 102 valence electrons. The molecule has 0 bridgehead atoms. The lowest BCUT2D eigenvalue weighted by molar-refractivity contribution is 0.0814. The van der Waals surface area contributed by atoms with E-state index >= 15 is 0 Å². The topological polar surface area (TPSA) is 65.1 Å². The van der Waals surface area contributed by atoms with E-state index in [0.29, 0.717) is 17.1 Å². The van der Waals surface area contributed by atoms with E-state index in [-0.39, 0.29) is 12.6 Å². The van der Waals surface area contributed by atoms with Crippen molar-refractivity contribution in [2.45, 2.75) is 13.0 Å². The van der Waals surface area contributed by atoms with Crippen LogP contribution in [0, 0.1) is 0 Å². The maximum absolute atomic E-state index is 12.3. The molecule has 1 heterocycles. The van der Waals surface area contributed by atoms with E-state index in [0.717, 1.165) is 0 Å². The Morgan fingerprint density at radius 3 is 2.68 bits per heavy atom. The number of ether oxygens (including phenoxy) is 3. The molecule has 0 saturated carbocycles. The number of benzene rings is 1. The summed E-state index contributed by atoms with van der Waals surface area (Å²) >= 11 is 0. The molecule has 1 amide bonds. The highest BCUT2D eigenvalue weighted by Gasteiger charge is 2.25. The Hall–Kier alpha value is -2.24. The third-order valence-electron chi connectivity index (χ3n) is 3.08. The van der Waals surface area contributed by atoms with Crippen LogP contribution in [0.15, 0.2) is 18.2 Å². The molecule has 0 aromatic heterocycles. The number of hydrogen-bond donors (Lipinski definition) is 0. The van der Waals surface area contributed by atoms with Crippen molar-refractivity contribution in [1.29, 1.82) is 0 Å². The minimum Gasteiger partial charge on any atom is -0.454 e. The maximum atomic E-state index is 12.3. The molecule has 0 spiro atoms. The molecular formula is C13H15NO5. The summed E-state index contributed by atoms with van der Waals surface area (Å²) in [6.07, 6.45) is -0.554. The molecule has 1 unspecified atom stereocenters. The van der Waals surface area contributed by atoms with Crippen LogP contribution >= 0.6 is 0 Å². The first-order chi connectivity index (χ1) is 9.04. The number of fused-ring (bicyclic) bond motifs is 1. The molecule has 1 aromatic carbocycles. The van der Waals surface area contributed by atoms with Crippen molar-refractivity contribution in [3.8, 4) is 11.5 Å². The minimum absolute atomic E-state index is 0.157. The number of ketones is 1. The molecule has 19 heavy (non-hydrogen) atoms. The Morgan fingerprint density at radius 2 is 2.00 bits per heavy atom. The lowest BCUT2D eigenvalue weighted by Crippen LogP contribution is -2.40. The highest BCUT2D eigenvalue weighted by Crippen LogP contribution is 2.32. The van der Waals surface area contributed by atoms with Gasteiger partial charge in [0.05, 0.1) is 13.2 Å². The molecule has 6 heteroatoms. The van der Waals surface area contributed by atoms with Crippen LogP contribution in [0.5, 0.6) is 11.5 Å². The second-order valence-corrected chi connectivity index (χ2v) is 4.19. The third-order valence-corrected chi connectivity index (χ3v) is 3.08. The number of carbonyl (C=O) groups is 2. The van der Waals surface area contributed by atoms with E-state index < -0.39 is 12.1 Å². The van der Waals surface area contributed by atoms with Crippen molar-refractivity contribution in [2.24, 2.45) is 0 Å². The van der Waals surface area contributed by atoms with Crippen LogP contribution < -0.4 is 9.47 Å². The monoisotopic (exact) mass is 265 g/mol. The van der Waals surface area contributed by atoms with Crippen molar-refractivity contribution in [1.82, 2.24) is 4.90 Å². The smallest absolute Gasteiger partial charge is 0.409 e. The van der Waals surface area contributed by atoms with Gasteiger partial charge in [-0.2, -0.15) is 0 Å². The fourth-order valence-corrected chi connectivity index (χ4v) is 1.77. The molecule has 6 nitrogen and oxygen atoms in total. The zero-order valence-corrected chi connectivity index (χ0v) is 11.0. The Balaban J connectivity index is 2.17. The summed E-state index contributed by atoms with van der Waals surface area (Å²) in [5, 5.41) is 0. The number of carbonyl (C=O) groups excluding carboxylic acids is 2. The molecule has 2 rings (SSSR count). The Morgan fingerprint density at radius 1 is 1.32 bits per heavy atom. The number of rotatable bonds is 3. The van der Waals surface area contributed by atoms with Crippen molar-refractivity contribution in [3.05, 3.63) is 23.8 Å². The van der Waals surface area contributed by atoms with Gasteiger partial charge >= 0.3 is 6.09 Å². The molecule has 1 aliphatic rings. The van der Waals surface area contributed by atoms with E-state index in [4.69, 9.17) is 9.47 Å². The Bertz CT molecular complexity index is 514. The molecule has 0 N–H and O–H groups in total. The zero-order chi connectivity index (χ0) is 14.0. The van der Waals surface area contributed by atoms with Crippen molar-refractivity contribution < 1.29 is 23.8 Å². The number of amides is 1. The van der Waals surface area contributed by atoms with Crippen LogP contribution in [-0.2, 0) is 4.74 Å². The summed E-state index contributed by atoms with van der Waals surface area (Å²) in [5.74, 6) is 0.968. The van der Waals surface area contributed by atoms with E-state index in [2.05, 4.69) is 4.74 Å². The third kappa shape index (κ3) is 2.47. The zero-order valence-electron chi connectivity index (χ0n) is 11.0.